The molecule has 4 aromatic heterocycles. The lowest BCUT2D eigenvalue weighted by atomic mass is 9.82. The molecule has 604 valence electrons. The fraction of sp³-hybridized carbons (Fsp3) is 0.706. The van der Waals surface area contributed by atoms with E-state index in [1.165, 1.54) is 451 Å². The first-order chi connectivity index (χ1) is 53.3. The van der Waals surface area contributed by atoms with Gasteiger partial charge in [0.1, 0.15) is 0 Å². The normalized spacial score (nSPS) is 12.2. The number of hydrogen-bond donors (Lipinski definition) is 0. The molecule has 6 aromatic rings. The van der Waals surface area contributed by atoms with Crippen molar-refractivity contribution in [3.63, 3.8) is 0 Å². The molecule has 4 heterocycles. The second-order valence-electron chi connectivity index (χ2n) is 33.8. The first-order valence-corrected chi connectivity index (χ1v) is 50.5. The van der Waals surface area contributed by atoms with E-state index in [1.807, 2.05) is 34.8 Å². The van der Waals surface area contributed by atoms with Gasteiger partial charge in [-0.3, -0.25) is 9.59 Å². The molecule has 1 aliphatic carbocycles. The van der Waals surface area contributed by atoms with Crippen molar-refractivity contribution in [3.8, 4) is 40.4 Å². The minimum absolute atomic E-state index is 0.0150. The second-order valence-corrected chi connectivity index (χ2v) is 38.2. The van der Waals surface area contributed by atoms with Crippen molar-refractivity contribution >= 4 is 56.9 Å². The Morgan fingerprint density at radius 3 is 0.639 bits per heavy atom. The van der Waals surface area contributed by atoms with Gasteiger partial charge >= 0.3 is 0 Å². The van der Waals surface area contributed by atoms with Crippen molar-refractivity contribution in [1.29, 1.82) is 0 Å². The highest BCUT2D eigenvalue weighted by Crippen LogP contribution is 2.47. The lowest BCUT2D eigenvalue weighted by Gasteiger charge is -2.19. The number of thiophene rings is 4. The third kappa shape index (κ3) is 34.7. The van der Waals surface area contributed by atoms with Crippen LogP contribution in [0.25, 0.3) is 40.4 Å². The summed E-state index contributed by atoms with van der Waals surface area (Å²) in [5.41, 5.74) is 10.5. The Hall–Kier alpha value is -3.42. The Morgan fingerprint density at radius 1 is 0.194 bits per heavy atom. The zero-order chi connectivity index (χ0) is 76.1. The molecule has 0 aliphatic heterocycles. The van der Waals surface area contributed by atoms with Gasteiger partial charge in [0.15, 0.2) is 11.6 Å². The lowest BCUT2D eigenvalue weighted by Crippen LogP contribution is -2.20. The molecule has 0 radical (unpaired) electrons. The van der Waals surface area contributed by atoms with Crippen molar-refractivity contribution in [2.75, 3.05) is 0 Å². The molecule has 0 unspecified atom stereocenters. The first kappa shape index (κ1) is 91.8. The Balaban J connectivity index is 1.12. The van der Waals surface area contributed by atoms with E-state index in [-0.39, 0.29) is 11.6 Å². The van der Waals surface area contributed by atoms with Crippen LogP contribution in [0.2, 0.25) is 0 Å². The predicted octanol–water partition coefficient (Wildman–Crippen LogP) is 36.2. The van der Waals surface area contributed by atoms with Crippen LogP contribution in [0.4, 0.5) is 0 Å². The van der Waals surface area contributed by atoms with E-state index in [9.17, 15) is 0 Å². The number of unbranched alkanes of at least 4 members (excludes halogenated alkanes) is 54. The summed E-state index contributed by atoms with van der Waals surface area (Å²) in [6.45, 7) is 13.9. The molecule has 6 heteroatoms. The summed E-state index contributed by atoms with van der Waals surface area (Å²) < 4.78 is 0. The minimum atomic E-state index is -0.0150. The molecule has 0 N–H and O–H groups in total. The van der Waals surface area contributed by atoms with Crippen molar-refractivity contribution in [2.45, 2.75) is 465 Å². The van der Waals surface area contributed by atoms with Crippen LogP contribution < -0.4 is 0 Å². The average molecular weight is 1550 g/mol. The molecule has 0 amide bonds. The van der Waals surface area contributed by atoms with Crippen LogP contribution in [0.5, 0.6) is 0 Å². The van der Waals surface area contributed by atoms with Crippen molar-refractivity contribution < 1.29 is 9.59 Å². The number of ketones is 2. The second kappa shape index (κ2) is 58.4. The molecule has 0 atom stereocenters. The maximum absolute atomic E-state index is 15.1. The van der Waals surface area contributed by atoms with E-state index in [1.54, 1.807) is 20.9 Å². The monoisotopic (exact) mass is 1550 g/mol. The number of benzene rings is 2. The zero-order valence-electron chi connectivity index (χ0n) is 70.9. The molecule has 0 saturated carbocycles. The Morgan fingerprint density at radius 2 is 0.398 bits per heavy atom. The number of carbonyl (C=O) groups excluding carboxylic acids is 2. The minimum Gasteiger partial charge on any atom is -0.289 e. The van der Waals surface area contributed by atoms with Crippen LogP contribution >= 0.6 is 45.3 Å². The molecule has 108 heavy (non-hydrogen) atoms. The highest BCUT2D eigenvalue weighted by Gasteiger charge is 2.32. The van der Waals surface area contributed by atoms with Crippen LogP contribution in [0.15, 0.2) is 60.7 Å². The third-order valence-corrected chi connectivity index (χ3v) is 29.4. The van der Waals surface area contributed by atoms with E-state index in [2.05, 4.69) is 113 Å². The lowest BCUT2D eigenvalue weighted by molar-refractivity contribution is 0.0979. The smallest absolute Gasteiger partial charge is 0.194 e. The van der Waals surface area contributed by atoms with Gasteiger partial charge in [0.05, 0.1) is 0 Å². The number of fused-ring (bicyclic) bond motifs is 2. The van der Waals surface area contributed by atoms with Gasteiger partial charge in [-0.25, -0.2) is 0 Å². The molecule has 0 spiro atoms. The molecule has 2 nitrogen and oxygen atoms in total. The third-order valence-electron chi connectivity index (χ3n) is 24.2. The fourth-order valence-electron chi connectivity index (χ4n) is 17.1. The maximum Gasteiger partial charge on any atom is 0.194 e. The van der Waals surface area contributed by atoms with Crippen LogP contribution in [0.1, 0.15) is 491 Å². The average Bonchev–Trinajstić information content (AvgIpc) is 0.995. The molecular formula is C102H160O2S4. The van der Waals surface area contributed by atoms with Gasteiger partial charge in [0.2, 0.25) is 0 Å². The molecule has 0 bridgehead atoms. The van der Waals surface area contributed by atoms with E-state index < -0.39 is 0 Å². The van der Waals surface area contributed by atoms with E-state index in [4.69, 9.17) is 0 Å². The van der Waals surface area contributed by atoms with E-state index >= 15 is 9.59 Å². The summed E-state index contributed by atoms with van der Waals surface area (Å²) in [6, 6.07) is 22.8. The number of aryl methyl sites for hydroxylation is 6. The van der Waals surface area contributed by atoms with Crippen LogP contribution in [-0.2, 0) is 38.5 Å². The van der Waals surface area contributed by atoms with Gasteiger partial charge in [-0.1, -0.05) is 400 Å². The Kier molecular flexibility index (Phi) is 49.6. The highest BCUT2D eigenvalue weighted by molar-refractivity contribution is 7.24. The van der Waals surface area contributed by atoms with Gasteiger partial charge < -0.3 is 0 Å². The largest absolute Gasteiger partial charge is 0.289 e. The van der Waals surface area contributed by atoms with Crippen LogP contribution in [0.3, 0.4) is 0 Å². The highest BCUT2D eigenvalue weighted by atomic mass is 32.1. The zero-order valence-corrected chi connectivity index (χ0v) is 74.2. The quantitative estimate of drug-likeness (QED) is 0.0356. The Bertz CT molecular complexity index is 2980. The van der Waals surface area contributed by atoms with Crippen LogP contribution in [-0.4, -0.2) is 11.6 Å². The van der Waals surface area contributed by atoms with E-state index in [0.717, 1.165) is 24.0 Å². The molecule has 0 saturated heterocycles. The standard InChI is InChI=1S/C102H160O2S4/c1-7-13-19-25-31-37-43-49-55-61-67-83-79-97(105-93(83)71-65-59-53-47-41-35-29-23-17-11-5)101-87(69-63-57-51-45-39-33-27-21-15-9-3)81-95(107-101)85-73-75-89-91(77-85)99(103)90-76-74-86(78-92(90)100(89)104)96-82-88(70-64-58-52-46-40-34-28-22-16-10-4)102(108-96)98-80-84(68-62-56-50-44-38-32-26-20-14-8-2)94(106-98)72-66-60-54-48-42-36-30-24-18-12-6/h73-82H,7-72H2,1-6H3. The summed E-state index contributed by atoms with van der Waals surface area (Å²) in [7, 11) is 0. The van der Waals surface area contributed by atoms with Gasteiger partial charge in [-0.15, -0.1) is 45.3 Å². The topological polar surface area (TPSA) is 34.1 Å². The van der Waals surface area contributed by atoms with Crippen molar-refractivity contribution in [3.05, 3.63) is 115 Å². The van der Waals surface area contributed by atoms with Crippen molar-refractivity contribution in [2.24, 2.45) is 0 Å². The molecule has 1 aliphatic rings. The summed E-state index contributed by atoms with van der Waals surface area (Å²) in [5, 5.41) is 0. The van der Waals surface area contributed by atoms with Gasteiger partial charge in [-0.2, -0.15) is 0 Å². The molecular weight excluding hydrogens is 1390 g/mol. The number of carbonyl (C=O) groups is 2. The molecule has 7 rings (SSSR count). The molecule has 2 aromatic carbocycles. The predicted molar refractivity (Wildman–Crippen MR) is 486 cm³/mol. The SMILES string of the molecule is CCCCCCCCCCCCc1cc(-c2sc(-c3ccc4c(c3)C(=O)c3ccc(-c5cc(CCCCCCCCCCCC)c(-c6cc(CCCCCCCCCCCC)c(CCCCCCCCCCCC)s6)s5)cc3C4=O)cc2CCCCCCCCCCCC)sc1CCCCCCCCCCCC. The maximum atomic E-state index is 15.1. The van der Waals surface area contributed by atoms with Gasteiger partial charge in [-0.05, 0) is 159 Å². The van der Waals surface area contributed by atoms with Crippen LogP contribution in [0, 0.1) is 0 Å². The van der Waals surface area contributed by atoms with Gasteiger partial charge in [0, 0.05) is 61.3 Å². The Labute approximate surface area is 682 Å². The van der Waals surface area contributed by atoms with Crippen molar-refractivity contribution in [1.82, 2.24) is 0 Å². The number of hydrogen-bond acceptors (Lipinski definition) is 6. The first-order valence-electron chi connectivity index (χ1n) is 47.2. The van der Waals surface area contributed by atoms with Gasteiger partial charge in [0.25, 0.3) is 0 Å². The number of rotatable bonds is 70. The summed E-state index contributed by atoms with van der Waals surface area (Å²) in [5.74, 6) is -0.0299. The molecule has 0 fully saturated rings. The van der Waals surface area contributed by atoms with E-state index in [0.29, 0.717) is 22.3 Å². The fourth-order valence-corrected chi connectivity index (χ4v) is 22.3. The summed E-state index contributed by atoms with van der Waals surface area (Å²) >= 11 is 8.10. The summed E-state index contributed by atoms with van der Waals surface area (Å²) in [6.07, 6.45) is 88.6. The summed E-state index contributed by atoms with van der Waals surface area (Å²) in [4.78, 5) is 41.8.